The Bertz CT molecular complexity index is 776. The summed E-state index contributed by atoms with van der Waals surface area (Å²) < 4.78 is 6.10. The van der Waals surface area contributed by atoms with E-state index in [0.29, 0.717) is 15.7 Å². The van der Waals surface area contributed by atoms with Gasteiger partial charge in [0.1, 0.15) is 6.07 Å². The van der Waals surface area contributed by atoms with Crippen LogP contribution in [0.1, 0.15) is 21.6 Å². The van der Waals surface area contributed by atoms with Crippen LogP contribution in [0.25, 0.3) is 5.69 Å². The summed E-state index contributed by atoms with van der Waals surface area (Å²) in [6.07, 6.45) is 1.41. The number of halogens is 2. The van der Waals surface area contributed by atoms with Crippen LogP contribution in [-0.4, -0.2) is 17.6 Å². The van der Waals surface area contributed by atoms with Crippen molar-refractivity contribution >= 4 is 34.9 Å². The first-order valence-electron chi connectivity index (χ1n) is 5.86. The van der Waals surface area contributed by atoms with Gasteiger partial charge >= 0.3 is 5.97 Å². The molecule has 1 heterocycles. The second-order valence-corrected chi connectivity index (χ2v) is 5.09. The summed E-state index contributed by atoms with van der Waals surface area (Å²) in [6.45, 7) is 1.80. The Balaban J connectivity index is 2.85. The normalized spacial score (nSPS) is 10.2. The van der Waals surface area contributed by atoms with Crippen molar-refractivity contribution in [3.05, 3.63) is 45.2 Å². The van der Waals surface area contributed by atoms with E-state index in [1.165, 1.54) is 17.9 Å². The van der Waals surface area contributed by atoms with Crippen molar-refractivity contribution in [2.75, 3.05) is 12.8 Å². The number of nitrogen functional groups attached to an aromatic ring is 1. The van der Waals surface area contributed by atoms with Crippen LogP contribution in [0.4, 0.5) is 5.69 Å². The average Bonchev–Trinajstić information content (AvgIpc) is 2.79. The van der Waals surface area contributed by atoms with Crippen LogP contribution in [-0.2, 0) is 4.74 Å². The topological polar surface area (TPSA) is 81.0 Å². The van der Waals surface area contributed by atoms with Gasteiger partial charge in [-0.3, -0.25) is 0 Å². The summed E-state index contributed by atoms with van der Waals surface area (Å²) in [6, 6.07) is 5.33. The molecule has 1 aromatic heterocycles. The number of hydrogen-bond donors (Lipinski definition) is 1. The lowest BCUT2D eigenvalue weighted by Crippen LogP contribution is -2.12. The number of nitriles is 1. The Morgan fingerprint density at radius 2 is 2.10 bits per heavy atom. The third kappa shape index (κ3) is 2.44. The fourth-order valence-electron chi connectivity index (χ4n) is 1.95. The van der Waals surface area contributed by atoms with E-state index in [-0.39, 0.29) is 16.9 Å². The number of carbonyl (C=O) groups excluding carboxylic acids is 1. The lowest BCUT2D eigenvalue weighted by Gasteiger charge is -2.13. The lowest BCUT2D eigenvalue weighted by atomic mass is 10.2. The van der Waals surface area contributed by atoms with Gasteiger partial charge < -0.3 is 15.0 Å². The second-order valence-electron chi connectivity index (χ2n) is 4.31. The molecule has 0 unspecified atom stereocenters. The predicted molar refractivity (Wildman–Crippen MR) is 81.0 cm³/mol. The van der Waals surface area contributed by atoms with Crippen LogP contribution >= 0.6 is 23.2 Å². The van der Waals surface area contributed by atoms with Crippen molar-refractivity contribution in [2.24, 2.45) is 0 Å². The number of ether oxygens (including phenoxy) is 1. The first-order valence-corrected chi connectivity index (χ1v) is 6.62. The molecule has 108 valence electrons. The molecule has 2 N–H and O–H groups in total. The van der Waals surface area contributed by atoms with Crippen molar-refractivity contribution in [1.82, 2.24) is 4.57 Å². The molecule has 5 nitrogen and oxygen atoms in total. The van der Waals surface area contributed by atoms with E-state index < -0.39 is 5.97 Å². The van der Waals surface area contributed by atoms with Gasteiger partial charge in [0.25, 0.3) is 0 Å². The van der Waals surface area contributed by atoms with Gasteiger partial charge in [-0.2, -0.15) is 5.26 Å². The van der Waals surface area contributed by atoms with Crippen LogP contribution in [0.2, 0.25) is 10.0 Å². The number of nitrogens with two attached hydrogens (primary N) is 1. The zero-order valence-corrected chi connectivity index (χ0v) is 12.8. The van der Waals surface area contributed by atoms with Crippen LogP contribution in [0.15, 0.2) is 18.3 Å². The number of carbonyl (C=O) groups is 1. The minimum atomic E-state index is -0.678. The molecule has 0 spiro atoms. The molecule has 1 aromatic carbocycles. The fraction of sp³-hybridized carbons (Fsp3) is 0.143. The van der Waals surface area contributed by atoms with E-state index in [1.54, 1.807) is 19.1 Å². The van der Waals surface area contributed by atoms with Crippen molar-refractivity contribution < 1.29 is 9.53 Å². The highest BCUT2D eigenvalue weighted by Gasteiger charge is 2.24. The molecule has 0 aliphatic carbocycles. The minimum absolute atomic E-state index is 0.0171. The lowest BCUT2D eigenvalue weighted by molar-refractivity contribution is 0.0593. The summed E-state index contributed by atoms with van der Waals surface area (Å²) in [5.74, 6) is -0.678. The molecule has 21 heavy (non-hydrogen) atoms. The first kappa shape index (κ1) is 15.2. The number of esters is 1. The molecule has 0 fully saturated rings. The minimum Gasteiger partial charge on any atom is -0.464 e. The Hall–Kier alpha value is -2.16. The molecule has 0 saturated carbocycles. The number of benzene rings is 1. The zero-order valence-electron chi connectivity index (χ0n) is 11.3. The molecule has 0 atom stereocenters. The molecular formula is C14H11Cl2N3O2. The van der Waals surface area contributed by atoms with Crippen LogP contribution in [0.3, 0.4) is 0 Å². The third-order valence-electron chi connectivity index (χ3n) is 3.04. The average molecular weight is 324 g/mol. The van der Waals surface area contributed by atoms with E-state index in [1.807, 2.05) is 6.07 Å². The Kier molecular flexibility index (Phi) is 4.12. The molecule has 0 aliphatic rings. The Morgan fingerprint density at radius 1 is 1.43 bits per heavy atom. The summed E-state index contributed by atoms with van der Waals surface area (Å²) in [5, 5.41) is 9.79. The number of rotatable bonds is 2. The maximum absolute atomic E-state index is 11.9. The standard InChI is InChI=1S/C14H11Cl2N3O2/c1-7-3-4-9(15)12(10(7)16)19-6-8(5-17)11(18)13(19)14(20)21-2/h3-4,6H,18H2,1-2H3. The van der Waals surface area contributed by atoms with E-state index in [9.17, 15) is 4.79 Å². The molecule has 0 aliphatic heterocycles. The van der Waals surface area contributed by atoms with Gasteiger partial charge in [-0.25, -0.2) is 4.79 Å². The van der Waals surface area contributed by atoms with Crippen LogP contribution < -0.4 is 5.73 Å². The van der Waals surface area contributed by atoms with Crippen LogP contribution in [0.5, 0.6) is 0 Å². The highest BCUT2D eigenvalue weighted by Crippen LogP contribution is 2.35. The van der Waals surface area contributed by atoms with Crippen molar-refractivity contribution in [1.29, 1.82) is 5.26 Å². The van der Waals surface area contributed by atoms with Gasteiger partial charge in [0, 0.05) is 6.20 Å². The highest BCUT2D eigenvalue weighted by atomic mass is 35.5. The number of nitrogens with zero attached hydrogens (tertiary/aromatic N) is 2. The van der Waals surface area contributed by atoms with Crippen molar-refractivity contribution in [3.8, 4) is 11.8 Å². The van der Waals surface area contributed by atoms with Crippen LogP contribution in [0, 0.1) is 18.3 Å². The maximum Gasteiger partial charge on any atom is 0.357 e. The Labute approximate surface area is 131 Å². The molecule has 2 aromatic rings. The summed E-state index contributed by atoms with van der Waals surface area (Å²) in [4.78, 5) is 11.9. The monoisotopic (exact) mass is 323 g/mol. The second kappa shape index (κ2) is 5.68. The molecular weight excluding hydrogens is 313 g/mol. The van der Waals surface area contributed by atoms with E-state index in [4.69, 9.17) is 38.9 Å². The van der Waals surface area contributed by atoms with Gasteiger partial charge in [0.05, 0.1) is 34.1 Å². The van der Waals surface area contributed by atoms with Crippen molar-refractivity contribution in [3.63, 3.8) is 0 Å². The smallest absolute Gasteiger partial charge is 0.357 e. The molecule has 0 radical (unpaired) electrons. The number of methoxy groups -OCH3 is 1. The molecule has 0 bridgehead atoms. The van der Waals surface area contributed by atoms with Gasteiger partial charge in [-0.15, -0.1) is 0 Å². The van der Waals surface area contributed by atoms with E-state index in [0.717, 1.165) is 5.56 Å². The number of hydrogen-bond acceptors (Lipinski definition) is 4. The van der Waals surface area contributed by atoms with Crippen molar-refractivity contribution in [2.45, 2.75) is 6.92 Å². The fourth-order valence-corrected chi connectivity index (χ4v) is 2.51. The van der Waals surface area contributed by atoms with Gasteiger partial charge in [-0.1, -0.05) is 29.3 Å². The largest absolute Gasteiger partial charge is 0.464 e. The number of aryl methyl sites for hydroxylation is 1. The summed E-state index contributed by atoms with van der Waals surface area (Å²) in [5.41, 5.74) is 7.18. The van der Waals surface area contributed by atoms with Gasteiger partial charge in [0.15, 0.2) is 5.69 Å². The molecule has 0 amide bonds. The zero-order chi connectivity index (χ0) is 15.7. The first-order chi connectivity index (χ1) is 9.92. The predicted octanol–water partition coefficient (Wildman–Crippen LogP) is 3.33. The Morgan fingerprint density at radius 3 is 2.67 bits per heavy atom. The summed E-state index contributed by atoms with van der Waals surface area (Å²) in [7, 11) is 1.23. The maximum atomic E-state index is 11.9. The molecule has 0 saturated heterocycles. The van der Waals surface area contributed by atoms with E-state index in [2.05, 4.69) is 0 Å². The third-order valence-corrected chi connectivity index (χ3v) is 3.83. The quantitative estimate of drug-likeness (QED) is 0.859. The number of aromatic nitrogens is 1. The molecule has 2 rings (SSSR count). The SMILES string of the molecule is COC(=O)c1c(N)c(C#N)cn1-c1c(Cl)ccc(C)c1Cl. The number of anilines is 1. The van der Waals surface area contributed by atoms with Gasteiger partial charge in [0.2, 0.25) is 0 Å². The van der Waals surface area contributed by atoms with Gasteiger partial charge in [-0.05, 0) is 18.6 Å². The highest BCUT2D eigenvalue weighted by molar-refractivity contribution is 6.38. The summed E-state index contributed by atoms with van der Waals surface area (Å²) >= 11 is 12.5. The van der Waals surface area contributed by atoms with E-state index >= 15 is 0 Å². The molecule has 7 heteroatoms.